The van der Waals surface area contributed by atoms with E-state index in [-0.39, 0.29) is 24.9 Å². The molecule has 0 saturated heterocycles. The summed E-state index contributed by atoms with van der Waals surface area (Å²) in [5.74, 6) is -0.481. The van der Waals surface area contributed by atoms with Crippen LogP contribution in [0.1, 0.15) is 297 Å². The number of hydrogen-bond donors (Lipinski definition) is 3. The van der Waals surface area contributed by atoms with Crippen molar-refractivity contribution in [2.24, 2.45) is 0 Å². The smallest absolute Gasteiger partial charge is 0.306 e. The Morgan fingerprint density at radius 1 is 0.469 bits per heavy atom. The van der Waals surface area contributed by atoms with Crippen LogP contribution in [0.2, 0.25) is 0 Å². The number of unbranched alkanes of at least 4 members (excludes halogenated alkanes) is 33. The lowest BCUT2D eigenvalue weighted by atomic mass is 10.0. The Kier molecular flexibility index (Phi) is 50.5. The molecule has 0 aromatic heterocycles. The molecule has 0 aromatic carbocycles. The third kappa shape index (κ3) is 46.6. The number of esters is 1. The van der Waals surface area contributed by atoms with Gasteiger partial charge in [-0.15, -0.1) is 0 Å². The van der Waals surface area contributed by atoms with E-state index in [1.54, 1.807) is 0 Å². The minimum atomic E-state index is -0.791. The first kappa shape index (κ1) is 62.1. The fourth-order valence-electron chi connectivity index (χ4n) is 8.74. The number of ether oxygens (including phenoxy) is 1. The molecule has 64 heavy (non-hydrogen) atoms. The fraction of sp³-hybridized carbons (Fsp3) is 0.862. The topological polar surface area (TPSA) is 95.9 Å². The summed E-state index contributed by atoms with van der Waals surface area (Å²) < 4.78 is 5.95. The second kappa shape index (κ2) is 52.1. The predicted octanol–water partition coefficient (Wildman–Crippen LogP) is 17.2. The zero-order valence-electron chi connectivity index (χ0n) is 42.9. The molecule has 0 saturated carbocycles. The minimum Gasteiger partial charge on any atom is -0.462 e. The summed E-state index contributed by atoms with van der Waals surface area (Å²) in [6.07, 6.45) is 62.1. The molecule has 0 heterocycles. The normalized spacial score (nSPS) is 13.4. The van der Waals surface area contributed by atoms with Crippen molar-refractivity contribution in [3.05, 3.63) is 36.5 Å². The average molecular weight is 901 g/mol. The van der Waals surface area contributed by atoms with Gasteiger partial charge in [0.05, 0.1) is 25.2 Å². The highest BCUT2D eigenvalue weighted by Gasteiger charge is 2.24. The summed E-state index contributed by atoms with van der Waals surface area (Å²) in [6, 6.07) is -0.706. The van der Waals surface area contributed by atoms with Crippen molar-refractivity contribution >= 4 is 11.9 Å². The summed E-state index contributed by atoms with van der Waals surface area (Å²) in [5, 5.41) is 23.8. The maximum atomic E-state index is 13.2. The van der Waals surface area contributed by atoms with E-state index in [0.717, 1.165) is 89.9 Å². The molecule has 0 bridgehead atoms. The second-order valence-corrected chi connectivity index (χ2v) is 19.3. The SMILES string of the molecule is CC/C=C/C/C=C/C/C=C/CCCCCCC(CC(=O)NC(CO)C(O)CCCCCCCCCCCCCC)OC(=O)CCCCCCCCCCCCCCCCCCCCC. The summed E-state index contributed by atoms with van der Waals surface area (Å²) in [5.41, 5.74) is 0. The molecule has 6 nitrogen and oxygen atoms in total. The van der Waals surface area contributed by atoms with E-state index < -0.39 is 18.2 Å². The van der Waals surface area contributed by atoms with Crippen LogP contribution in [0.15, 0.2) is 36.5 Å². The van der Waals surface area contributed by atoms with Gasteiger partial charge in [0, 0.05) is 6.42 Å². The number of allylic oxidation sites excluding steroid dienone is 6. The average Bonchev–Trinajstić information content (AvgIpc) is 3.29. The Labute approximate surface area is 398 Å². The molecule has 0 spiro atoms. The number of carbonyl (C=O) groups is 2. The largest absolute Gasteiger partial charge is 0.462 e. The molecule has 0 aliphatic heterocycles. The van der Waals surface area contributed by atoms with Crippen molar-refractivity contribution in [2.45, 2.75) is 315 Å². The summed E-state index contributed by atoms with van der Waals surface area (Å²) in [6.45, 7) is 6.39. The quantitative estimate of drug-likeness (QED) is 0.0321. The molecule has 0 aliphatic carbocycles. The van der Waals surface area contributed by atoms with Crippen LogP contribution in [-0.4, -0.2) is 46.9 Å². The Morgan fingerprint density at radius 3 is 1.28 bits per heavy atom. The van der Waals surface area contributed by atoms with Crippen molar-refractivity contribution in [1.82, 2.24) is 5.32 Å². The maximum absolute atomic E-state index is 13.2. The van der Waals surface area contributed by atoms with Gasteiger partial charge in [-0.2, -0.15) is 0 Å². The molecule has 0 aliphatic rings. The van der Waals surface area contributed by atoms with E-state index in [9.17, 15) is 19.8 Å². The number of carbonyl (C=O) groups excluding carboxylic acids is 2. The highest BCUT2D eigenvalue weighted by atomic mass is 16.5. The molecule has 3 atom stereocenters. The predicted molar refractivity (Wildman–Crippen MR) is 278 cm³/mol. The van der Waals surface area contributed by atoms with Gasteiger partial charge >= 0.3 is 5.97 Å². The lowest BCUT2D eigenvalue weighted by molar-refractivity contribution is -0.151. The van der Waals surface area contributed by atoms with Crippen molar-refractivity contribution in [2.75, 3.05) is 6.61 Å². The van der Waals surface area contributed by atoms with Gasteiger partial charge in [-0.05, 0) is 57.8 Å². The fourth-order valence-corrected chi connectivity index (χ4v) is 8.74. The molecule has 0 aromatic rings. The third-order valence-corrected chi connectivity index (χ3v) is 13.0. The zero-order chi connectivity index (χ0) is 46.7. The number of aliphatic hydroxyl groups excluding tert-OH is 2. The summed E-state index contributed by atoms with van der Waals surface area (Å²) in [4.78, 5) is 26.2. The van der Waals surface area contributed by atoms with Crippen molar-refractivity contribution in [3.63, 3.8) is 0 Å². The molecular weight excluding hydrogens is 791 g/mol. The number of aliphatic hydroxyl groups is 2. The Morgan fingerprint density at radius 2 is 0.844 bits per heavy atom. The van der Waals surface area contributed by atoms with Crippen LogP contribution in [0.25, 0.3) is 0 Å². The number of nitrogens with one attached hydrogen (secondary N) is 1. The Balaban J connectivity index is 4.51. The van der Waals surface area contributed by atoms with Crippen LogP contribution in [-0.2, 0) is 14.3 Å². The van der Waals surface area contributed by atoms with Gasteiger partial charge in [-0.25, -0.2) is 0 Å². The molecule has 0 fully saturated rings. The van der Waals surface area contributed by atoms with Crippen LogP contribution in [0.3, 0.4) is 0 Å². The van der Waals surface area contributed by atoms with E-state index in [0.29, 0.717) is 19.3 Å². The highest BCUT2D eigenvalue weighted by molar-refractivity contribution is 5.77. The first-order valence-electron chi connectivity index (χ1n) is 28.2. The van der Waals surface area contributed by atoms with E-state index >= 15 is 0 Å². The van der Waals surface area contributed by atoms with Crippen LogP contribution >= 0.6 is 0 Å². The molecular formula is C58H109NO5. The molecule has 3 N–H and O–H groups in total. The number of rotatable bonds is 51. The maximum Gasteiger partial charge on any atom is 0.306 e. The first-order chi connectivity index (χ1) is 31.5. The summed E-state index contributed by atoms with van der Waals surface area (Å²) >= 11 is 0. The van der Waals surface area contributed by atoms with E-state index in [4.69, 9.17) is 4.74 Å². The second-order valence-electron chi connectivity index (χ2n) is 19.3. The first-order valence-corrected chi connectivity index (χ1v) is 28.2. The Hall–Kier alpha value is -1.92. The highest BCUT2D eigenvalue weighted by Crippen LogP contribution is 2.19. The number of amides is 1. The molecule has 6 heteroatoms. The lowest BCUT2D eigenvalue weighted by Crippen LogP contribution is -2.46. The lowest BCUT2D eigenvalue weighted by Gasteiger charge is -2.24. The minimum absolute atomic E-state index is 0.0667. The molecule has 0 rings (SSSR count). The van der Waals surface area contributed by atoms with Gasteiger partial charge < -0.3 is 20.3 Å². The van der Waals surface area contributed by atoms with Gasteiger partial charge in [0.15, 0.2) is 0 Å². The van der Waals surface area contributed by atoms with Crippen molar-refractivity contribution < 1.29 is 24.5 Å². The van der Waals surface area contributed by atoms with Crippen molar-refractivity contribution in [1.29, 1.82) is 0 Å². The molecule has 0 radical (unpaired) electrons. The van der Waals surface area contributed by atoms with E-state index in [1.807, 2.05) is 0 Å². The van der Waals surface area contributed by atoms with Crippen LogP contribution in [0.4, 0.5) is 0 Å². The monoisotopic (exact) mass is 900 g/mol. The molecule has 1 amide bonds. The summed E-state index contributed by atoms with van der Waals surface area (Å²) in [7, 11) is 0. The van der Waals surface area contributed by atoms with Gasteiger partial charge in [-0.3, -0.25) is 9.59 Å². The van der Waals surface area contributed by atoms with Crippen molar-refractivity contribution in [3.8, 4) is 0 Å². The van der Waals surface area contributed by atoms with Gasteiger partial charge in [0.2, 0.25) is 5.91 Å². The van der Waals surface area contributed by atoms with Crippen LogP contribution < -0.4 is 5.32 Å². The van der Waals surface area contributed by atoms with E-state index in [1.165, 1.54) is 161 Å². The van der Waals surface area contributed by atoms with E-state index in [2.05, 4.69) is 62.5 Å². The van der Waals surface area contributed by atoms with Crippen LogP contribution in [0, 0.1) is 0 Å². The zero-order valence-corrected chi connectivity index (χ0v) is 42.9. The standard InChI is InChI=1S/C58H109NO5/c1-4-7-10-13-16-19-22-25-27-28-29-30-31-33-36-39-42-45-48-51-58(63)64-54(49-46-43-40-37-34-32-26-23-20-17-14-11-8-5-2)52-57(62)59-55(53-60)56(61)50-47-44-41-38-35-24-21-18-15-12-9-6-3/h8,11,17,20,26,32,54-56,60-61H,4-7,9-10,12-16,18-19,21-25,27-31,33-53H2,1-3H3,(H,59,62)/b11-8+,20-17+,32-26+. The Bertz CT molecular complexity index is 1060. The molecule has 376 valence electrons. The van der Waals surface area contributed by atoms with Crippen LogP contribution in [0.5, 0.6) is 0 Å². The van der Waals surface area contributed by atoms with Gasteiger partial charge in [-0.1, -0.05) is 263 Å². The van der Waals surface area contributed by atoms with Gasteiger partial charge in [0.25, 0.3) is 0 Å². The third-order valence-electron chi connectivity index (χ3n) is 13.0. The van der Waals surface area contributed by atoms with Gasteiger partial charge in [0.1, 0.15) is 6.10 Å². The number of hydrogen-bond acceptors (Lipinski definition) is 5. The molecule has 3 unspecified atom stereocenters.